The summed E-state index contributed by atoms with van der Waals surface area (Å²) in [5.41, 5.74) is 0. The Labute approximate surface area is 62.5 Å². The number of hydrogen-bond donors (Lipinski definition) is 2. The number of aliphatic carboxylic acids is 1. The highest BCUT2D eigenvalue weighted by molar-refractivity contribution is 5.77. The van der Waals surface area contributed by atoms with Crippen molar-refractivity contribution in [3.63, 3.8) is 0 Å². The van der Waals surface area contributed by atoms with Crippen molar-refractivity contribution in [3.8, 4) is 0 Å². The predicted octanol–water partition coefficient (Wildman–Crippen LogP) is -1.05. The van der Waals surface area contributed by atoms with E-state index in [9.17, 15) is 4.79 Å². The van der Waals surface area contributed by atoms with Crippen molar-refractivity contribution >= 4 is 5.97 Å². The Hall–Kier alpha value is -0.650. The molecule has 11 heavy (non-hydrogen) atoms. The summed E-state index contributed by atoms with van der Waals surface area (Å²) in [7, 11) is 0. The molecule has 0 aliphatic carbocycles. The van der Waals surface area contributed by atoms with Gasteiger partial charge in [-0.05, 0) is 0 Å². The van der Waals surface area contributed by atoms with Crippen molar-refractivity contribution in [2.24, 2.45) is 0 Å². The molecule has 0 aromatic rings. The molecule has 0 amide bonds. The average molecular weight is 160 g/mol. The van der Waals surface area contributed by atoms with Crippen LogP contribution < -0.4 is 0 Å². The van der Waals surface area contributed by atoms with Crippen LogP contribution in [0.25, 0.3) is 0 Å². The molecule has 2 bridgehead atoms. The first-order valence-electron chi connectivity index (χ1n) is 3.37. The molecule has 3 aliphatic heterocycles. The van der Waals surface area contributed by atoms with E-state index in [1.54, 1.807) is 0 Å². The molecule has 5 heteroatoms. The normalized spacial score (nSPS) is 48.1. The molecule has 5 nitrogen and oxygen atoms in total. The summed E-state index contributed by atoms with van der Waals surface area (Å²) < 4.78 is 9.70. The van der Waals surface area contributed by atoms with Gasteiger partial charge in [-0.2, -0.15) is 0 Å². The fourth-order valence-corrected chi connectivity index (χ4v) is 1.33. The lowest BCUT2D eigenvalue weighted by Gasteiger charge is -2.50. The van der Waals surface area contributed by atoms with Crippen LogP contribution in [-0.2, 0) is 14.3 Å². The zero-order chi connectivity index (χ0) is 8.06. The molecular weight excluding hydrogens is 152 g/mol. The van der Waals surface area contributed by atoms with E-state index in [0.717, 1.165) is 0 Å². The third kappa shape index (κ3) is 0.786. The molecule has 3 heterocycles. The summed E-state index contributed by atoms with van der Waals surface area (Å²) in [6, 6.07) is 0. The Bertz CT molecular complexity index is 190. The first-order chi connectivity index (χ1) is 5.14. The van der Waals surface area contributed by atoms with E-state index in [-0.39, 0.29) is 19.1 Å². The number of fused-ring (bicyclic) bond motifs is 2. The van der Waals surface area contributed by atoms with Crippen molar-refractivity contribution in [2.75, 3.05) is 6.61 Å². The van der Waals surface area contributed by atoms with E-state index in [2.05, 4.69) is 0 Å². The molecule has 0 aromatic carbocycles. The topological polar surface area (TPSA) is 76.0 Å². The van der Waals surface area contributed by atoms with E-state index >= 15 is 0 Å². The van der Waals surface area contributed by atoms with Gasteiger partial charge in [0.2, 0.25) is 0 Å². The molecule has 3 fully saturated rings. The van der Waals surface area contributed by atoms with Crippen LogP contribution in [0.3, 0.4) is 0 Å². The number of aliphatic hydroxyl groups excluding tert-OH is 1. The van der Waals surface area contributed by atoms with Gasteiger partial charge >= 0.3 is 5.97 Å². The molecular formula is C6H8O5. The summed E-state index contributed by atoms with van der Waals surface area (Å²) >= 11 is 0. The minimum Gasteiger partial charge on any atom is -0.477 e. The molecule has 0 saturated carbocycles. The van der Waals surface area contributed by atoms with Crippen molar-refractivity contribution in [3.05, 3.63) is 0 Å². The number of carboxylic acids is 1. The monoisotopic (exact) mass is 160 g/mol. The SMILES string of the molecule is O=C(O)C12CC(O1)C(O)CO2. The predicted molar refractivity (Wildman–Crippen MR) is 31.8 cm³/mol. The zero-order valence-corrected chi connectivity index (χ0v) is 5.69. The summed E-state index contributed by atoms with van der Waals surface area (Å²) in [5.74, 6) is -2.55. The lowest BCUT2D eigenvalue weighted by Crippen LogP contribution is -2.67. The van der Waals surface area contributed by atoms with Crippen LogP contribution in [0.5, 0.6) is 0 Å². The molecule has 3 unspecified atom stereocenters. The maximum absolute atomic E-state index is 10.5. The molecule has 62 valence electrons. The summed E-state index contributed by atoms with van der Waals surface area (Å²) in [6.45, 7) is 0.0525. The molecule has 3 rings (SSSR count). The number of carboxylic acid groups (broad SMARTS) is 1. The second-order valence-corrected chi connectivity index (χ2v) is 2.80. The second-order valence-electron chi connectivity index (χ2n) is 2.80. The molecule has 0 spiro atoms. The molecule has 3 aliphatic rings. The van der Waals surface area contributed by atoms with Crippen molar-refractivity contribution in [1.82, 2.24) is 0 Å². The van der Waals surface area contributed by atoms with Crippen LogP contribution in [0.1, 0.15) is 6.42 Å². The largest absolute Gasteiger partial charge is 0.477 e. The molecule has 0 radical (unpaired) electrons. The van der Waals surface area contributed by atoms with Crippen molar-refractivity contribution in [2.45, 2.75) is 24.4 Å². The minimum atomic E-state index is -1.44. The number of aliphatic hydroxyl groups is 1. The Kier molecular flexibility index (Phi) is 1.24. The van der Waals surface area contributed by atoms with Crippen LogP contribution in [0.15, 0.2) is 0 Å². The van der Waals surface area contributed by atoms with Gasteiger partial charge in [-0.1, -0.05) is 0 Å². The van der Waals surface area contributed by atoms with Gasteiger partial charge < -0.3 is 19.7 Å². The van der Waals surface area contributed by atoms with Crippen LogP contribution in [-0.4, -0.2) is 40.8 Å². The van der Waals surface area contributed by atoms with Gasteiger partial charge in [0.15, 0.2) is 0 Å². The van der Waals surface area contributed by atoms with E-state index in [4.69, 9.17) is 19.7 Å². The number of rotatable bonds is 1. The number of ether oxygens (including phenoxy) is 2. The van der Waals surface area contributed by atoms with Crippen molar-refractivity contribution in [1.29, 1.82) is 0 Å². The lowest BCUT2D eigenvalue weighted by molar-refractivity contribution is -0.386. The first-order valence-corrected chi connectivity index (χ1v) is 3.37. The standard InChI is InChI=1S/C6H8O5/c7-3-2-10-6(5(8)9)1-4(3)11-6/h3-4,7H,1-2H2,(H,8,9). The Morgan fingerprint density at radius 2 is 2.27 bits per heavy atom. The van der Waals surface area contributed by atoms with Crippen LogP contribution in [0, 0.1) is 0 Å². The van der Waals surface area contributed by atoms with E-state index in [1.807, 2.05) is 0 Å². The third-order valence-electron chi connectivity index (χ3n) is 2.05. The highest BCUT2D eigenvalue weighted by Crippen LogP contribution is 2.40. The maximum atomic E-state index is 10.5. The van der Waals surface area contributed by atoms with Gasteiger partial charge in [0.1, 0.15) is 6.10 Å². The molecule has 0 aromatic heterocycles. The van der Waals surface area contributed by atoms with Gasteiger partial charge in [0, 0.05) is 6.42 Å². The van der Waals surface area contributed by atoms with E-state index < -0.39 is 17.9 Å². The van der Waals surface area contributed by atoms with Gasteiger partial charge in [-0.15, -0.1) is 0 Å². The number of carbonyl (C=O) groups is 1. The Balaban J connectivity index is 2.09. The van der Waals surface area contributed by atoms with Gasteiger partial charge in [0.25, 0.3) is 5.79 Å². The fourth-order valence-electron chi connectivity index (χ4n) is 1.33. The first kappa shape index (κ1) is 7.02. The minimum absolute atomic E-state index is 0.0525. The van der Waals surface area contributed by atoms with Gasteiger partial charge in [0.05, 0.1) is 12.7 Å². The molecule has 3 saturated heterocycles. The Morgan fingerprint density at radius 1 is 1.64 bits per heavy atom. The van der Waals surface area contributed by atoms with Gasteiger partial charge in [-0.3, -0.25) is 0 Å². The maximum Gasteiger partial charge on any atom is 0.364 e. The highest BCUT2D eigenvalue weighted by atomic mass is 16.8. The average Bonchev–Trinajstić information content (AvgIpc) is 1.84. The smallest absolute Gasteiger partial charge is 0.364 e. The summed E-state index contributed by atoms with van der Waals surface area (Å²) in [5, 5.41) is 17.7. The highest BCUT2D eigenvalue weighted by Gasteiger charge is 2.59. The van der Waals surface area contributed by atoms with E-state index in [1.165, 1.54) is 0 Å². The summed E-state index contributed by atoms with van der Waals surface area (Å²) in [6.07, 6.45) is -0.764. The van der Waals surface area contributed by atoms with Crippen LogP contribution in [0.2, 0.25) is 0 Å². The van der Waals surface area contributed by atoms with Crippen LogP contribution in [0.4, 0.5) is 0 Å². The van der Waals surface area contributed by atoms with Crippen LogP contribution >= 0.6 is 0 Å². The van der Waals surface area contributed by atoms with E-state index in [0.29, 0.717) is 0 Å². The lowest BCUT2D eigenvalue weighted by atomic mass is 9.93. The molecule has 2 N–H and O–H groups in total. The summed E-state index contributed by atoms with van der Waals surface area (Å²) in [4.78, 5) is 10.5. The quantitative estimate of drug-likeness (QED) is 0.511. The zero-order valence-electron chi connectivity index (χ0n) is 5.69. The third-order valence-corrected chi connectivity index (χ3v) is 2.05. The van der Waals surface area contributed by atoms with Gasteiger partial charge in [-0.25, -0.2) is 4.79 Å². The number of hydrogen-bond acceptors (Lipinski definition) is 4. The van der Waals surface area contributed by atoms with Crippen molar-refractivity contribution < 1.29 is 24.5 Å². The Morgan fingerprint density at radius 3 is 2.64 bits per heavy atom. The fraction of sp³-hybridized carbons (Fsp3) is 0.833. The second kappa shape index (κ2) is 1.94. The molecule has 3 atom stereocenters.